The van der Waals surface area contributed by atoms with E-state index in [-0.39, 0.29) is 6.61 Å². The third kappa shape index (κ3) is 7.31. The minimum atomic E-state index is -0.481. The Kier molecular flexibility index (Phi) is 8.85. The lowest BCUT2D eigenvalue weighted by atomic mass is 10.1. The molecular weight excluding hydrogens is 352 g/mol. The number of nitrogens with two attached hydrogens (primary N) is 1. The Morgan fingerprint density at radius 2 is 1.75 bits per heavy atom. The van der Waals surface area contributed by atoms with Crippen molar-refractivity contribution in [3.05, 3.63) is 65.2 Å². The molecule has 1 amide bonds. The third-order valence-electron chi connectivity index (χ3n) is 4.26. The van der Waals surface area contributed by atoms with Crippen LogP contribution < -0.4 is 21.1 Å². The van der Waals surface area contributed by atoms with Gasteiger partial charge in [-0.3, -0.25) is 4.79 Å². The Morgan fingerprint density at radius 1 is 1.04 bits per heavy atom. The van der Waals surface area contributed by atoms with Crippen LogP contribution in [-0.4, -0.2) is 31.6 Å². The molecule has 0 heterocycles. The van der Waals surface area contributed by atoms with Gasteiger partial charge in [-0.25, -0.2) is 4.99 Å². The number of carbonyl (C=O) groups excluding carboxylic acids is 1. The molecule has 0 aromatic heterocycles. The summed E-state index contributed by atoms with van der Waals surface area (Å²) in [5.74, 6) is 0.972. The molecule has 2 aromatic carbocycles. The lowest BCUT2D eigenvalue weighted by Gasteiger charge is -2.12. The van der Waals surface area contributed by atoms with E-state index < -0.39 is 5.91 Å². The highest BCUT2D eigenvalue weighted by Crippen LogP contribution is 2.12. The minimum Gasteiger partial charge on any atom is -0.484 e. The molecule has 6 nitrogen and oxygen atoms in total. The molecule has 0 unspecified atom stereocenters. The second-order valence-electron chi connectivity index (χ2n) is 6.39. The summed E-state index contributed by atoms with van der Waals surface area (Å²) in [6, 6.07) is 16.1. The highest BCUT2D eigenvalue weighted by molar-refractivity contribution is 5.79. The van der Waals surface area contributed by atoms with Gasteiger partial charge in [-0.1, -0.05) is 43.3 Å². The number of benzene rings is 2. The summed E-state index contributed by atoms with van der Waals surface area (Å²) in [7, 11) is 0. The molecule has 0 radical (unpaired) electrons. The van der Waals surface area contributed by atoms with Crippen molar-refractivity contribution in [3.63, 3.8) is 0 Å². The fourth-order valence-corrected chi connectivity index (χ4v) is 2.79. The largest absolute Gasteiger partial charge is 0.484 e. The van der Waals surface area contributed by atoms with Crippen LogP contribution in [0.25, 0.3) is 0 Å². The zero-order chi connectivity index (χ0) is 20.2. The van der Waals surface area contributed by atoms with Crippen molar-refractivity contribution in [2.75, 3.05) is 19.7 Å². The zero-order valence-electron chi connectivity index (χ0n) is 16.7. The summed E-state index contributed by atoms with van der Waals surface area (Å²) in [6.45, 7) is 6.35. The molecule has 0 aliphatic rings. The first-order valence-corrected chi connectivity index (χ1v) is 9.71. The van der Waals surface area contributed by atoms with Crippen molar-refractivity contribution in [1.82, 2.24) is 10.6 Å². The third-order valence-corrected chi connectivity index (χ3v) is 4.26. The molecule has 6 heteroatoms. The first-order valence-electron chi connectivity index (χ1n) is 9.71. The Bertz CT molecular complexity index is 772. The molecule has 0 saturated carbocycles. The monoisotopic (exact) mass is 382 g/mol. The Morgan fingerprint density at radius 3 is 2.39 bits per heavy atom. The van der Waals surface area contributed by atoms with Crippen molar-refractivity contribution in [2.24, 2.45) is 10.7 Å². The normalized spacial score (nSPS) is 11.1. The number of hydrogen-bond donors (Lipinski definition) is 3. The molecule has 0 saturated heterocycles. The number of carbonyl (C=O) groups is 1. The van der Waals surface area contributed by atoms with Gasteiger partial charge in [0.05, 0.1) is 6.54 Å². The number of aliphatic imine (C=N–C) groups is 1. The Labute approximate surface area is 167 Å². The second kappa shape index (κ2) is 11.6. The second-order valence-corrected chi connectivity index (χ2v) is 6.39. The number of ether oxygens (including phenoxy) is 1. The van der Waals surface area contributed by atoms with Gasteiger partial charge in [0.15, 0.2) is 12.6 Å². The van der Waals surface area contributed by atoms with Crippen LogP contribution in [0.4, 0.5) is 0 Å². The van der Waals surface area contributed by atoms with Gasteiger partial charge in [0.2, 0.25) is 0 Å². The molecule has 0 atom stereocenters. The van der Waals surface area contributed by atoms with Gasteiger partial charge in [-0.15, -0.1) is 0 Å². The molecule has 0 fully saturated rings. The van der Waals surface area contributed by atoms with E-state index in [0.717, 1.165) is 31.9 Å². The minimum absolute atomic E-state index is 0.107. The SMILES string of the molecule is CCNC(=NCc1ccccc1CC)NCCc1ccc(OCC(N)=O)cc1. The fraction of sp³-hybridized carbons (Fsp3) is 0.364. The number of amides is 1. The smallest absolute Gasteiger partial charge is 0.255 e. The first-order chi connectivity index (χ1) is 13.6. The van der Waals surface area contributed by atoms with Crippen LogP contribution in [0.1, 0.15) is 30.5 Å². The molecule has 0 aliphatic carbocycles. The van der Waals surface area contributed by atoms with Crippen molar-refractivity contribution in [1.29, 1.82) is 0 Å². The van der Waals surface area contributed by atoms with Crippen molar-refractivity contribution < 1.29 is 9.53 Å². The molecular formula is C22H30N4O2. The standard InChI is InChI=1S/C22H30N4O2/c1-3-18-7-5-6-8-19(18)15-26-22(24-4-2)25-14-13-17-9-11-20(12-10-17)28-16-21(23)27/h5-12H,3-4,13-16H2,1-2H3,(H2,23,27)(H2,24,25,26). The highest BCUT2D eigenvalue weighted by Gasteiger charge is 2.02. The van der Waals surface area contributed by atoms with E-state index in [1.165, 1.54) is 16.7 Å². The maximum absolute atomic E-state index is 10.7. The number of hydrogen-bond acceptors (Lipinski definition) is 3. The van der Waals surface area contributed by atoms with Gasteiger partial charge in [0.25, 0.3) is 5.91 Å². The molecule has 2 aromatic rings. The lowest BCUT2D eigenvalue weighted by Crippen LogP contribution is -2.38. The van der Waals surface area contributed by atoms with Crippen LogP contribution in [0, 0.1) is 0 Å². The number of nitrogens with one attached hydrogen (secondary N) is 2. The van der Waals surface area contributed by atoms with E-state index in [1.54, 1.807) is 0 Å². The van der Waals surface area contributed by atoms with E-state index in [2.05, 4.69) is 48.7 Å². The number of aryl methyl sites for hydroxylation is 1. The summed E-state index contributed by atoms with van der Waals surface area (Å²) in [4.78, 5) is 15.5. The van der Waals surface area contributed by atoms with Gasteiger partial charge in [-0.05, 0) is 48.6 Å². The van der Waals surface area contributed by atoms with Crippen LogP contribution in [0.15, 0.2) is 53.5 Å². The molecule has 0 aliphatic heterocycles. The Balaban J connectivity index is 1.86. The zero-order valence-corrected chi connectivity index (χ0v) is 16.7. The van der Waals surface area contributed by atoms with E-state index in [1.807, 2.05) is 24.3 Å². The van der Waals surface area contributed by atoms with Gasteiger partial charge in [-0.2, -0.15) is 0 Å². The van der Waals surface area contributed by atoms with E-state index in [4.69, 9.17) is 15.5 Å². The van der Waals surface area contributed by atoms with E-state index >= 15 is 0 Å². The Hall–Kier alpha value is -3.02. The topological polar surface area (TPSA) is 88.7 Å². The molecule has 150 valence electrons. The number of rotatable bonds is 10. The molecule has 4 N–H and O–H groups in total. The molecule has 2 rings (SSSR count). The molecule has 0 spiro atoms. The number of primary amides is 1. The summed E-state index contributed by atoms with van der Waals surface area (Å²) < 4.78 is 5.27. The van der Waals surface area contributed by atoms with Gasteiger partial charge in [0.1, 0.15) is 5.75 Å². The molecule has 28 heavy (non-hydrogen) atoms. The van der Waals surface area contributed by atoms with Crippen LogP contribution in [0.2, 0.25) is 0 Å². The van der Waals surface area contributed by atoms with Crippen molar-refractivity contribution >= 4 is 11.9 Å². The van der Waals surface area contributed by atoms with Crippen molar-refractivity contribution in [2.45, 2.75) is 33.2 Å². The van der Waals surface area contributed by atoms with Crippen LogP contribution in [0.5, 0.6) is 5.75 Å². The number of nitrogens with zero attached hydrogens (tertiary/aromatic N) is 1. The average Bonchev–Trinajstić information content (AvgIpc) is 2.71. The van der Waals surface area contributed by atoms with Gasteiger partial charge >= 0.3 is 0 Å². The quantitative estimate of drug-likeness (QED) is 0.435. The molecule has 0 bridgehead atoms. The predicted octanol–water partition coefficient (Wildman–Crippen LogP) is 2.41. The van der Waals surface area contributed by atoms with Crippen molar-refractivity contribution in [3.8, 4) is 5.75 Å². The maximum Gasteiger partial charge on any atom is 0.255 e. The highest BCUT2D eigenvalue weighted by atomic mass is 16.5. The lowest BCUT2D eigenvalue weighted by molar-refractivity contribution is -0.119. The van der Waals surface area contributed by atoms with Gasteiger partial charge < -0.3 is 21.1 Å². The summed E-state index contributed by atoms with van der Waals surface area (Å²) in [6.07, 6.45) is 1.86. The van der Waals surface area contributed by atoms with Crippen LogP contribution >= 0.6 is 0 Å². The van der Waals surface area contributed by atoms with E-state index in [0.29, 0.717) is 12.3 Å². The summed E-state index contributed by atoms with van der Waals surface area (Å²) in [5, 5.41) is 6.67. The van der Waals surface area contributed by atoms with E-state index in [9.17, 15) is 4.79 Å². The van der Waals surface area contributed by atoms with Crippen LogP contribution in [-0.2, 0) is 24.2 Å². The fourth-order valence-electron chi connectivity index (χ4n) is 2.79. The summed E-state index contributed by atoms with van der Waals surface area (Å²) >= 11 is 0. The van der Waals surface area contributed by atoms with Crippen LogP contribution in [0.3, 0.4) is 0 Å². The van der Waals surface area contributed by atoms with Gasteiger partial charge in [0, 0.05) is 13.1 Å². The number of guanidine groups is 1. The average molecular weight is 383 g/mol. The first kappa shape index (κ1) is 21.3. The predicted molar refractivity (Wildman–Crippen MR) is 113 cm³/mol. The summed E-state index contributed by atoms with van der Waals surface area (Å²) in [5.41, 5.74) is 8.84. The maximum atomic E-state index is 10.7.